The largest absolute Gasteiger partial charge is 0.354 e. The summed E-state index contributed by atoms with van der Waals surface area (Å²) in [5.74, 6) is 1.09. The van der Waals surface area contributed by atoms with Gasteiger partial charge in [0.1, 0.15) is 0 Å². The van der Waals surface area contributed by atoms with Gasteiger partial charge in [-0.25, -0.2) is 9.37 Å². The highest BCUT2D eigenvalue weighted by Gasteiger charge is 2.25. The minimum atomic E-state index is -0.145. The molecule has 0 spiro atoms. The van der Waals surface area contributed by atoms with Crippen molar-refractivity contribution in [3.05, 3.63) is 23.6 Å². The van der Waals surface area contributed by atoms with E-state index in [2.05, 4.69) is 29.0 Å². The topological polar surface area (TPSA) is 28.2 Å². The van der Waals surface area contributed by atoms with Gasteiger partial charge in [0.15, 0.2) is 11.6 Å². The standard InChI is InChI=1S/C16H26FN3/c1-3-5-13-7-10-20(12-13)16-15(17)14(6-9-19-16)11-18-8-4-2/h6,9,13,18H,3-5,7-8,10-12H2,1-2H3. The Morgan fingerprint density at radius 2 is 2.25 bits per heavy atom. The van der Waals surface area contributed by atoms with Gasteiger partial charge in [0.25, 0.3) is 0 Å². The van der Waals surface area contributed by atoms with E-state index in [4.69, 9.17) is 0 Å². The predicted molar refractivity (Wildman–Crippen MR) is 81.4 cm³/mol. The molecule has 0 amide bonds. The Morgan fingerprint density at radius 1 is 1.40 bits per heavy atom. The fourth-order valence-electron chi connectivity index (χ4n) is 2.90. The van der Waals surface area contributed by atoms with Crippen LogP contribution in [-0.2, 0) is 6.54 Å². The lowest BCUT2D eigenvalue weighted by atomic mass is 10.0. The summed E-state index contributed by atoms with van der Waals surface area (Å²) in [6.45, 7) is 7.70. The maximum atomic E-state index is 14.5. The smallest absolute Gasteiger partial charge is 0.170 e. The van der Waals surface area contributed by atoms with E-state index in [0.29, 0.717) is 18.3 Å². The molecule has 1 unspecified atom stereocenters. The van der Waals surface area contributed by atoms with Crippen LogP contribution in [0.4, 0.5) is 10.2 Å². The molecule has 4 heteroatoms. The third kappa shape index (κ3) is 3.69. The molecule has 0 bridgehead atoms. The highest BCUT2D eigenvalue weighted by molar-refractivity contribution is 5.44. The minimum Gasteiger partial charge on any atom is -0.354 e. The highest BCUT2D eigenvalue weighted by Crippen LogP contribution is 2.27. The fraction of sp³-hybridized carbons (Fsp3) is 0.688. The van der Waals surface area contributed by atoms with Gasteiger partial charge in [-0.1, -0.05) is 20.3 Å². The second-order valence-corrected chi connectivity index (χ2v) is 5.67. The van der Waals surface area contributed by atoms with E-state index >= 15 is 0 Å². The molecule has 2 rings (SSSR count). The zero-order valence-corrected chi connectivity index (χ0v) is 12.7. The van der Waals surface area contributed by atoms with Crippen LogP contribution in [0.5, 0.6) is 0 Å². The van der Waals surface area contributed by atoms with Gasteiger partial charge in [0.05, 0.1) is 0 Å². The highest BCUT2D eigenvalue weighted by atomic mass is 19.1. The number of rotatable bonds is 7. The normalized spacial score (nSPS) is 18.8. The van der Waals surface area contributed by atoms with Crippen LogP contribution in [0, 0.1) is 11.7 Å². The zero-order chi connectivity index (χ0) is 14.4. The summed E-state index contributed by atoms with van der Waals surface area (Å²) in [5.41, 5.74) is 0.724. The summed E-state index contributed by atoms with van der Waals surface area (Å²) in [6.07, 6.45) is 6.39. The van der Waals surface area contributed by atoms with Gasteiger partial charge in [-0.3, -0.25) is 0 Å². The van der Waals surface area contributed by atoms with E-state index in [1.54, 1.807) is 12.3 Å². The molecule has 1 aliphatic heterocycles. The van der Waals surface area contributed by atoms with E-state index < -0.39 is 0 Å². The zero-order valence-electron chi connectivity index (χ0n) is 12.7. The molecule has 112 valence electrons. The molecule has 1 atom stereocenters. The van der Waals surface area contributed by atoms with Gasteiger partial charge < -0.3 is 10.2 Å². The molecule has 0 aliphatic carbocycles. The SMILES string of the molecule is CCCNCc1ccnc(N2CCC(CCC)C2)c1F. The van der Waals surface area contributed by atoms with Gasteiger partial charge >= 0.3 is 0 Å². The van der Waals surface area contributed by atoms with E-state index in [1.165, 1.54) is 12.8 Å². The van der Waals surface area contributed by atoms with Crippen molar-refractivity contribution in [2.75, 3.05) is 24.5 Å². The van der Waals surface area contributed by atoms with Crippen molar-refractivity contribution in [1.82, 2.24) is 10.3 Å². The lowest BCUT2D eigenvalue weighted by Gasteiger charge is -2.19. The molecule has 20 heavy (non-hydrogen) atoms. The molecule has 1 fully saturated rings. The van der Waals surface area contributed by atoms with Crippen LogP contribution >= 0.6 is 0 Å². The van der Waals surface area contributed by atoms with Gasteiger partial charge in [-0.05, 0) is 37.8 Å². The summed E-state index contributed by atoms with van der Waals surface area (Å²) >= 11 is 0. The Labute approximate surface area is 121 Å². The predicted octanol–water partition coefficient (Wildman–Crippen LogP) is 3.35. The first kappa shape index (κ1) is 15.2. The van der Waals surface area contributed by atoms with Gasteiger partial charge in [-0.15, -0.1) is 0 Å². The Hall–Kier alpha value is -1.16. The number of nitrogens with zero attached hydrogens (tertiary/aromatic N) is 2. The average molecular weight is 279 g/mol. The Bertz CT molecular complexity index is 422. The lowest BCUT2D eigenvalue weighted by molar-refractivity contribution is 0.527. The van der Waals surface area contributed by atoms with Crippen LogP contribution in [-0.4, -0.2) is 24.6 Å². The number of hydrogen-bond acceptors (Lipinski definition) is 3. The van der Waals surface area contributed by atoms with Crippen molar-refractivity contribution in [2.24, 2.45) is 5.92 Å². The molecule has 0 aromatic carbocycles. The molecule has 1 N–H and O–H groups in total. The van der Waals surface area contributed by atoms with Crippen molar-refractivity contribution >= 4 is 5.82 Å². The number of halogens is 1. The van der Waals surface area contributed by atoms with E-state index in [1.807, 2.05) is 0 Å². The first-order valence-corrected chi connectivity index (χ1v) is 7.85. The van der Waals surface area contributed by atoms with Crippen LogP contribution in [0.3, 0.4) is 0 Å². The molecule has 1 aliphatic rings. The number of nitrogens with one attached hydrogen (secondary N) is 1. The van der Waals surface area contributed by atoms with Crippen molar-refractivity contribution in [3.8, 4) is 0 Å². The number of hydrogen-bond donors (Lipinski definition) is 1. The summed E-state index contributed by atoms with van der Waals surface area (Å²) < 4.78 is 14.5. The van der Waals surface area contributed by atoms with Crippen molar-refractivity contribution < 1.29 is 4.39 Å². The summed E-state index contributed by atoms with van der Waals surface area (Å²) in [7, 11) is 0. The monoisotopic (exact) mass is 279 g/mol. The molecule has 2 heterocycles. The average Bonchev–Trinajstić information content (AvgIpc) is 2.90. The first-order chi connectivity index (χ1) is 9.76. The minimum absolute atomic E-state index is 0.145. The quantitative estimate of drug-likeness (QED) is 0.776. The molecule has 1 aromatic heterocycles. The van der Waals surface area contributed by atoms with Gasteiger partial charge in [0, 0.05) is 31.4 Å². The molecule has 0 saturated carbocycles. The summed E-state index contributed by atoms with van der Waals surface area (Å²) in [5, 5.41) is 3.25. The number of pyridine rings is 1. The number of aromatic nitrogens is 1. The van der Waals surface area contributed by atoms with Crippen LogP contribution in [0.2, 0.25) is 0 Å². The fourth-order valence-corrected chi connectivity index (χ4v) is 2.90. The first-order valence-electron chi connectivity index (χ1n) is 7.85. The van der Waals surface area contributed by atoms with Gasteiger partial charge in [-0.2, -0.15) is 0 Å². The maximum Gasteiger partial charge on any atom is 0.170 e. The summed E-state index contributed by atoms with van der Waals surface area (Å²) in [6, 6.07) is 1.78. The van der Waals surface area contributed by atoms with E-state index in [0.717, 1.165) is 38.0 Å². The van der Waals surface area contributed by atoms with Crippen LogP contribution in [0.1, 0.15) is 45.1 Å². The molecule has 0 radical (unpaired) electrons. The third-order valence-corrected chi connectivity index (χ3v) is 3.98. The Kier molecular flexibility index (Phi) is 5.77. The lowest BCUT2D eigenvalue weighted by Crippen LogP contribution is -2.23. The van der Waals surface area contributed by atoms with Crippen molar-refractivity contribution in [1.29, 1.82) is 0 Å². The Balaban J connectivity index is 2.03. The second-order valence-electron chi connectivity index (χ2n) is 5.67. The van der Waals surface area contributed by atoms with Crippen LogP contribution in [0.25, 0.3) is 0 Å². The molecule has 1 aromatic rings. The number of anilines is 1. The van der Waals surface area contributed by atoms with E-state index in [-0.39, 0.29) is 5.82 Å². The second kappa shape index (κ2) is 7.58. The van der Waals surface area contributed by atoms with Crippen LogP contribution in [0.15, 0.2) is 12.3 Å². The summed E-state index contributed by atoms with van der Waals surface area (Å²) in [4.78, 5) is 6.38. The molecular formula is C16H26FN3. The van der Waals surface area contributed by atoms with Crippen molar-refractivity contribution in [3.63, 3.8) is 0 Å². The molecule has 3 nitrogen and oxygen atoms in total. The van der Waals surface area contributed by atoms with Crippen molar-refractivity contribution in [2.45, 2.75) is 46.1 Å². The maximum absolute atomic E-state index is 14.5. The van der Waals surface area contributed by atoms with Crippen LogP contribution < -0.4 is 10.2 Å². The molecular weight excluding hydrogens is 253 g/mol. The Morgan fingerprint density at radius 3 is 3.00 bits per heavy atom. The third-order valence-electron chi connectivity index (χ3n) is 3.98. The molecule has 1 saturated heterocycles. The van der Waals surface area contributed by atoms with Gasteiger partial charge in [0.2, 0.25) is 0 Å². The van der Waals surface area contributed by atoms with E-state index in [9.17, 15) is 4.39 Å².